The molecule has 0 amide bonds. The smallest absolute Gasteiger partial charge is 0.210 e. The fraction of sp³-hybridized carbons (Fsp3) is 0.571. The second-order valence-corrected chi connectivity index (χ2v) is 9.02. The van der Waals surface area contributed by atoms with Crippen molar-refractivity contribution in [3.8, 4) is 0 Å². The molecule has 0 saturated heterocycles. The Hall–Kier alpha value is 0.170. The predicted octanol–water partition coefficient (Wildman–Crippen LogP) is 2.41. The van der Waals surface area contributed by atoms with E-state index in [1.807, 2.05) is 6.92 Å². The summed E-state index contributed by atoms with van der Waals surface area (Å²) in [6, 6.07) is 0. The average Bonchev–Trinajstić information content (AvgIpc) is 2.13. The molecule has 0 aromatic heterocycles. The van der Waals surface area contributed by atoms with Gasteiger partial charge in [0.2, 0.25) is 5.62 Å². The van der Waals surface area contributed by atoms with Crippen molar-refractivity contribution in [2.75, 3.05) is 19.4 Å². The van der Waals surface area contributed by atoms with Crippen molar-refractivity contribution in [3.05, 3.63) is 12.7 Å². The number of aliphatic imine (C=N–C) groups is 1. The molecule has 0 spiro atoms. The number of nitrogens with one attached hydrogen (secondary N) is 1. The van der Waals surface area contributed by atoms with E-state index < -0.39 is 5.62 Å². The first-order valence-corrected chi connectivity index (χ1v) is 8.17. The van der Waals surface area contributed by atoms with Gasteiger partial charge in [0.25, 0.3) is 0 Å². The summed E-state index contributed by atoms with van der Waals surface area (Å²) in [6.45, 7) is 6.21. The van der Waals surface area contributed by atoms with Crippen molar-refractivity contribution in [1.29, 1.82) is 0 Å². The molecule has 76 valence electrons. The standard InChI is InChI=1S/C7H15N2OPS2/c1-4-6-8-7-9-11(12,10-3)13-5-2/h4,7H,1,5-6H2,2-3H3,(H,8,9,12). The highest BCUT2D eigenvalue weighted by Crippen LogP contribution is 2.54. The molecule has 1 atom stereocenters. The van der Waals surface area contributed by atoms with Crippen LogP contribution in [0.25, 0.3) is 0 Å². The number of hydrogen-bond donors (Lipinski definition) is 1. The lowest BCUT2D eigenvalue weighted by atomic mass is 10.7. The van der Waals surface area contributed by atoms with Crippen LogP contribution in [-0.2, 0) is 16.3 Å². The van der Waals surface area contributed by atoms with Gasteiger partial charge in [-0.15, -0.1) is 6.58 Å². The first-order chi connectivity index (χ1) is 6.18. The molecule has 0 heterocycles. The van der Waals surface area contributed by atoms with E-state index in [1.54, 1.807) is 30.9 Å². The summed E-state index contributed by atoms with van der Waals surface area (Å²) in [5, 5.41) is 3.01. The first kappa shape index (κ1) is 13.2. The maximum atomic E-state index is 5.28. The normalized spacial score (nSPS) is 15.5. The fourth-order valence-corrected chi connectivity index (χ4v) is 4.19. The Labute approximate surface area is 88.9 Å². The minimum atomic E-state index is -1.92. The zero-order valence-electron chi connectivity index (χ0n) is 7.90. The molecule has 6 heteroatoms. The molecule has 0 saturated carbocycles. The molecule has 0 aromatic rings. The molecule has 0 radical (unpaired) electrons. The van der Waals surface area contributed by atoms with E-state index in [0.717, 1.165) is 5.75 Å². The topological polar surface area (TPSA) is 33.6 Å². The van der Waals surface area contributed by atoms with Crippen LogP contribution in [0.1, 0.15) is 6.92 Å². The number of nitrogens with zero attached hydrogens (tertiary/aromatic N) is 1. The second kappa shape index (κ2) is 7.56. The van der Waals surface area contributed by atoms with E-state index in [0.29, 0.717) is 6.54 Å². The van der Waals surface area contributed by atoms with Crippen LogP contribution in [0.2, 0.25) is 0 Å². The second-order valence-electron chi connectivity index (χ2n) is 2.01. The van der Waals surface area contributed by atoms with Crippen molar-refractivity contribution in [1.82, 2.24) is 5.09 Å². The third-order valence-corrected chi connectivity index (χ3v) is 6.86. The molecule has 0 aliphatic rings. The average molecular weight is 238 g/mol. The van der Waals surface area contributed by atoms with Crippen LogP contribution < -0.4 is 5.09 Å². The number of hydrogen-bond acceptors (Lipinski definition) is 4. The van der Waals surface area contributed by atoms with E-state index in [1.165, 1.54) is 0 Å². The summed E-state index contributed by atoms with van der Waals surface area (Å²) >= 11 is 6.89. The predicted molar refractivity (Wildman–Crippen MR) is 66.1 cm³/mol. The Balaban J connectivity index is 3.96. The zero-order chi connectivity index (χ0) is 10.2. The van der Waals surface area contributed by atoms with Gasteiger partial charge in [-0.2, -0.15) is 0 Å². The highest BCUT2D eigenvalue weighted by Gasteiger charge is 2.12. The summed E-state index contributed by atoms with van der Waals surface area (Å²) in [5.41, 5.74) is -1.92. The Morgan fingerprint density at radius 3 is 2.92 bits per heavy atom. The lowest BCUT2D eigenvalue weighted by Gasteiger charge is -2.17. The van der Waals surface area contributed by atoms with Crippen molar-refractivity contribution in [3.63, 3.8) is 0 Å². The van der Waals surface area contributed by atoms with Gasteiger partial charge >= 0.3 is 0 Å². The van der Waals surface area contributed by atoms with E-state index in [2.05, 4.69) is 16.7 Å². The molecule has 0 fully saturated rings. The fourth-order valence-electron chi connectivity index (χ4n) is 0.551. The third kappa shape index (κ3) is 6.27. The van der Waals surface area contributed by atoms with E-state index in [9.17, 15) is 0 Å². The third-order valence-electron chi connectivity index (χ3n) is 1.08. The van der Waals surface area contributed by atoms with Crippen LogP contribution in [-0.4, -0.2) is 25.7 Å². The first-order valence-electron chi connectivity index (χ1n) is 3.85. The van der Waals surface area contributed by atoms with E-state index >= 15 is 0 Å². The van der Waals surface area contributed by atoms with Crippen LogP contribution in [0.15, 0.2) is 17.6 Å². The van der Waals surface area contributed by atoms with Crippen LogP contribution in [0.5, 0.6) is 0 Å². The highest BCUT2D eigenvalue weighted by atomic mass is 32.9. The van der Waals surface area contributed by atoms with Crippen molar-refractivity contribution in [2.45, 2.75) is 6.92 Å². The minimum absolute atomic E-state index is 0.600. The molecule has 13 heavy (non-hydrogen) atoms. The van der Waals surface area contributed by atoms with Gasteiger partial charge in [-0.05, 0) is 17.6 Å². The Kier molecular flexibility index (Phi) is 7.66. The van der Waals surface area contributed by atoms with Crippen LogP contribution in [0, 0.1) is 0 Å². The lowest BCUT2D eigenvalue weighted by molar-refractivity contribution is 0.467. The van der Waals surface area contributed by atoms with Gasteiger partial charge in [0.05, 0.1) is 12.9 Å². The quantitative estimate of drug-likeness (QED) is 0.319. The molecule has 1 N–H and O–H groups in total. The highest BCUT2D eigenvalue weighted by molar-refractivity contribution is 8.68. The van der Waals surface area contributed by atoms with Crippen LogP contribution in [0.4, 0.5) is 0 Å². The molecular weight excluding hydrogens is 223 g/mol. The summed E-state index contributed by atoms with van der Waals surface area (Å²) in [5.74, 6) is 0.938. The lowest BCUT2D eigenvalue weighted by Crippen LogP contribution is -2.06. The Morgan fingerprint density at radius 1 is 1.77 bits per heavy atom. The number of rotatable bonds is 7. The Morgan fingerprint density at radius 2 is 2.46 bits per heavy atom. The maximum Gasteiger partial charge on any atom is 0.210 e. The molecule has 0 aliphatic heterocycles. The van der Waals surface area contributed by atoms with Crippen molar-refractivity contribution < 1.29 is 4.52 Å². The summed E-state index contributed by atoms with van der Waals surface area (Å²) in [4.78, 5) is 4.02. The van der Waals surface area contributed by atoms with E-state index in [-0.39, 0.29) is 0 Å². The van der Waals surface area contributed by atoms with Gasteiger partial charge < -0.3 is 9.61 Å². The zero-order valence-corrected chi connectivity index (χ0v) is 10.4. The van der Waals surface area contributed by atoms with Crippen molar-refractivity contribution in [2.24, 2.45) is 4.99 Å². The van der Waals surface area contributed by atoms with E-state index in [4.69, 9.17) is 16.3 Å². The van der Waals surface area contributed by atoms with Crippen LogP contribution in [0.3, 0.4) is 0 Å². The molecular formula is C7H15N2OPS2. The Bertz CT molecular complexity index is 221. The largest absolute Gasteiger partial charge is 0.330 e. The minimum Gasteiger partial charge on any atom is -0.330 e. The maximum absolute atomic E-state index is 5.28. The van der Waals surface area contributed by atoms with Gasteiger partial charge in [0.15, 0.2) is 0 Å². The SMILES string of the molecule is C=CCN=CNP(=S)(OC)SCC. The molecule has 0 aliphatic carbocycles. The van der Waals surface area contributed by atoms with Gasteiger partial charge in [-0.3, -0.25) is 4.99 Å². The van der Waals surface area contributed by atoms with Crippen molar-refractivity contribution >= 4 is 35.1 Å². The monoisotopic (exact) mass is 238 g/mol. The molecule has 0 aromatic carbocycles. The summed E-state index contributed by atoms with van der Waals surface area (Å²) in [7, 11) is 1.62. The molecule has 0 rings (SSSR count). The molecule has 3 nitrogen and oxygen atoms in total. The molecule has 1 unspecified atom stereocenters. The van der Waals surface area contributed by atoms with Crippen LogP contribution >= 0.6 is 17.0 Å². The van der Waals surface area contributed by atoms with Gasteiger partial charge in [-0.25, -0.2) is 0 Å². The summed E-state index contributed by atoms with van der Waals surface area (Å²) in [6.07, 6.45) is 3.33. The van der Waals surface area contributed by atoms with Gasteiger partial charge in [0, 0.05) is 7.11 Å². The van der Waals surface area contributed by atoms with Gasteiger partial charge in [0.1, 0.15) is 0 Å². The van der Waals surface area contributed by atoms with Gasteiger partial charge in [-0.1, -0.05) is 24.4 Å². The molecule has 0 bridgehead atoms. The summed E-state index contributed by atoms with van der Waals surface area (Å²) < 4.78 is 5.22.